The van der Waals surface area contributed by atoms with Crippen LogP contribution in [-0.4, -0.2) is 0 Å². The summed E-state index contributed by atoms with van der Waals surface area (Å²) in [5.74, 6) is 0. The zero-order chi connectivity index (χ0) is 19.7. The SMILES string of the molecule is Cc1cc(-c2ccc(-c3ccccc3)cc2C)c(-c2ccccc2C)[n+](C)c1. The highest BCUT2D eigenvalue weighted by Gasteiger charge is 2.21. The molecule has 3 aromatic carbocycles. The molecule has 0 aliphatic rings. The van der Waals surface area contributed by atoms with Gasteiger partial charge in [-0.05, 0) is 60.7 Å². The summed E-state index contributed by atoms with van der Waals surface area (Å²) in [4.78, 5) is 0. The molecule has 0 aliphatic carbocycles. The Morgan fingerprint density at radius 3 is 2.00 bits per heavy atom. The standard InChI is InChI=1S/C27H26N/c1-19-16-26(27(28(4)18-19)25-13-9-8-10-20(25)2)24-15-14-23(17-21(24)3)22-11-6-5-7-12-22/h5-18H,1-4H3/q+1. The molecular formula is C27H26N+. The van der Waals surface area contributed by atoms with Crippen molar-refractivity contribution in [1.29, 1.82) is 0 Å². The maximum atomic E-state index is 2.31. The van der Waals surface area contributed by atoms with E-state index in [1.54, 1.807) is 0 Å². The number of rotatable bonds is 3. The van der Waals surface area contributed by atoms with Gasteiger partial charge in [-0.25, -0.2) is 4.57 Å². The fraction of sp³-hybridized carbons (Fsp3) is 0.148. The molecule has 0 saturated carbocycles. The number of pyridine rings is 1. The first-order valence-corrected chi connectivity index (χ1v) is 9.77. The summed E-state index contributed by atoms with van der Waals surface area (Å²) < 4.78 is 2.26. The van der Waals surface area contributed by atoms with E-state index in [0.717, 1.165) is 0 Å². The van der Waals surface area contributed by atoms with Crippen LogP contribution in [0.15, 0.2) is 85.1 Å². The smallest absolute Gasteiger partial charge is 0.200 e. The molecule has 0 atom stereocenters. The van der Waals surface area contributed by atoms with E-state index >= 15 is 0 Å². The minimum Gasteiger partial charge on any atom is -0.200 e. The normalized spacial score (nSPS) is 10.9. The molecule has 4 rings (SSSR count). The molecule has 0 N–H and O–H groups in total. The van der Waals surface area contributed by atoms with Gasteiger partial charge in [0.05, 0.1) is 5.56 Å². The second kappa shape index (κ2) is 7.44. The fourth-order valence-corrected chi connectivity index (χ4v) is 4.05. The number of nitrogens with zero attached hydrogens (tertiary/aromatic N) is 1. The largest absolute Gasteiger partial charge is 0.220 e. The molecule has 1 heterocycles. The van der Waals surface area contributed by atoms with Gasteiger partial charge in [0.15, 0.2) is 6.20 Å². The summed E-state index contributed by atoms with van der Waals surface area (Å²) >= 11 is 0. The van der Waals surface area contributed by atoms with Crippen molar-refractivity contribution in [3.05, 3.63) is 102 Å². The summed E-state index contributed by atoms with van der Waals surface area (Å²) in [5.41, 5.74) is 11.5. The van der Waals surface area contributed by atoms with Gasteiger partial charge in [0, 0.05) is 11.1 Å². The molecule has 0 aliphatic heterocycles. The van der Waals surface area contributed by atoms with Crippen molar-refractivity contribution in [2.24, 2.45) is 7.05 Å². The summed E-state index contributed by atoms with van der Waals surface area (Å²) in [5, 5.41) is 0. The second-order valence-electron chi connectivity index (χ2n) is 7.60. The summed E-state index contributed by atoms with van der Waals surface area (Å²) in [6, 6.07) is 28.3. The monoisotopic (exact) mass is 364 g/mol. The Bertz CT molecular complexity index is 1140. The molecule has 0 unspecified atom stereocenters. The summed E-state index contributed by atoms with van der Waals surface area (Å²) in [6.45, 7) is 6.56. The molecule has 1 heteroatoms. The van der Waals surface area contributed by atoms with Crippen molar-refractivity contribution in [1.82, 2.24) is 0 Å². The van der Waals surface area contributed by atoms with Crippen LogP contribution >= 0.6 is 0 Å². The van der Waals surface area contributed by atoms with Gasteiger partial charge in [0.1, 0.15) is 7.05 Å². The van der Waals surface area contributed by atoms with Crippen molar-refractivity contribution in [3.8, 4) is 33.5 Å². The third kappa shape index (κ3) is 3.36. The highest BCUT2D eigenvalue weighted by molar-refractivity contribution is 5.83. The molecule has 1 nitrogen and oxygen atoms in total. The van der Waals surface area contributed by atoms with Crippen molar-refractivity contribution in [2.75, 3.05) is 0 Å². The molecule has 0 saturated heterocycles. The zero-order valence-corrected chi connectivity index (χ0v) is 17.0. The first-order chi connectivity index (χ1) is 13.5. The van der Waals surface area contributed by atoms with Crippen molar-refractivity contribution in [2.45, 2.75) is 20.8 Å². The molecular weight excluding hydrogens is 338 g/mol. The maximum absolute atomic E-state index is 2.31. The Kier molecular flexibility index (Phi) is 4.83. The Labute approximate surface area is 167 Å². The van der Waals surface area contributed by atoms with E-state index in [2.05, 4.69) is 117 Å². The Hall–Kier alpha value is -3.19. The van der Waals surface area contributed by atoms with E-state index in [1.807, 2.05) is 0 Å². The molecule has 0 amide bonds. The molecule has 0 fully saturated rings. The Morgan fingerprint density at radius 2 is 1.29 bits per heavy atom. The molecule has 0 radical (unpaired) electrons. The lowest BCUT2D eigenvalue weighted by molar-refractivity contribution is -0.660. The Balaban J connectivity index is 1.92. The number of hydrogen-bond donors (Lipinski definition) is 0. The number of aryl methyl sites for hydroxylation is 4. The highest BCUT2D eigenvalue weighted by Crippen LogP contribution is 2.35. The molecule has 138 valence electrons. The first-order valence-electron chi connectivity index (χ1n) is 9.77. The second-order valence-corrected chi connectivity index (χ2v) is 7.60. The van der Waals surface area contributed by atoms with Gasteiger partial charge < -0.3 is 0 Å². The maximum Gasteiger partial charge on any atom is 0.220 e. The minimum atomic E-state index is 1.26. The predicted molar refractivity (Wildman–Crippen MR) is 118 cm³/mol. The first kappa shape index (κ1) is 18.2. The average Bonchev–Trinajstić information content (AvgIpc) is 2.69. The van der Waals surface area contributed by atoms with Crippen molar-refractivity contribution < 1.29 is 4.57 Å². The van der Waals surface area contributed by atoms with Crippen LogP contribution < -0.4 is 4.57 Å². The van der Waals surface area contributed by atoms with E-state index in [9.17, 15) is 0 Å². The summed E-state index contributed by atoms with van der Waals surface area (Å²) in [6.07, 6.45) is 2.21. The lowest BCUT2D eigenvalue weighted by atomic mass is 9.91. The van der Waals surface area contributed by atoms with Gasteiger partial charge in [-0.3, -0.25) is 0 Å². The minimum absolute atomic E-state index is 1.26. The molecule has 1 aromatic heterocycles. The number of hydrogen-bond acceptors (Lipinski definition) is 0. The van der Waals surface area contributed by atoms with Crippen LogP contribution in [0.25, 0.3) is 33.5 Å². The van der Waals surface area contributed by atoms with Gasteiger partial charge in [-0.2, -0.15) is 0 Å². The van der Waals surface area contributed by atoms with E-state index in [4.69, 9.17) is 0 Å². The van der Waals surface area contributed by atoms with E-state index < -0.39 is 0 Å². The van der Waals surface area contributed by atoms with Gasteiger partial charge in [-0.1, -0.05) is 66.7 Å². The molecule has 0 bridgehead atoms. The zero-order valence-electron chi connectivity index (χ0n) is 17.0. The fourth-order valence-electron chi connectivity index (χ4n) is 4.05. The van der Waals surface area contributed by atoms with Gasteiger partial charge in [0.25, 0.3) is 0 Å². The molecule has 0 spiro atoms. The van der Waals surface area contributed by atoms with Crippen molar-refractivity contribution >= 4 is 0 Å². The van der Waals surface area contributed by atoms with Crippen LogP contribution in [0, 0.1) is 20.8 Å². The summed E-state index contributed by atoms with van der Waals surface area (Å²) in [7, 11) is 2.14. The third-order valence-electron chi connectivity index (χ3n) is 5.40. The number of benzene rings is 3. The van der Waals surface area contributed by atoms with E-state index in [-0.39, 0.29) is 0 Å². The van der Waals surface area contributed by atoms with Gasteiger partial charge >= 0.3 is 0 Å². The Morgan fingerprint density at radius 1 is 0.571 bits per heavy atom. The van der Waals surface area contributed by atoms with Gasteiger partial charge in [-0.15, -0.1) is 0 Å². The quantitative estimate of drug-likeness (QED) is 0.368. The number of aromatic nitrogens is 1. The third-order valence-corrected chi connectivity index (χ3v) is 5.40. The highest BCUT2D eigenvalue weighted by atomic mass is 14.9. The van der Waals surface area contributed by atoms with Crippen molar-refractivity contribution in [3.63, 3.8) is 0 Å². The van der Waals surface area contributed by atoms with Crippen LogP contribution in [0.1, 0.15) is 16.7 Å². The lowest BCUT2D eigenvalue weighted by Crippen LogP contribution is -2.32. The average molecular weight is 365 g/mol. The topological polar surface area (TPSA) is 3.88 Å². The predicted octanol–water partition coefficient (Wildman–Crippen LogP) is 6.44. The molecule has 4 aromatic rings. The lowest BCUT2D eigenvalue weighted by Gasteiger charge is -2.14. The van der Waals surface area contributed by atoms with Crippen LogP contribution in [-0.2, 0) is 7.05 Å². The van der Waals surface area contributed by atoms with E-state index in [1.165, 1.54) is 50.2 Å². The van der Waals surface area contributed by atoms with Crippen LogP contribution in [0.3, 0.4) is 0 Å². The van der Waals surface area contributed by atoms with E-state index in [0.29, 0.717) is 0 Å². The van der Waals surface area contributed by atoms with Crippen LogP contribution in [0.5, 0.6) is 0 Å². The van der Waals surface area contributed by atoms with Gasteiger partial charge in [0.2, 0.25) is 5.69 Å². The van der Waals surface area contributed by atoms with Crippen LogP contribution in [0.2, 0.25) is 0 Å². The molecule has 28 heavy (non-hydrogen) atoms. The van der Waals surface area contributed by atoms with Crippen LogP contribution in [0.4, 0.5) is 0 Å².